The van der Waals surface area contributed by atoms with Crippen LogP contribution < -0.4 is 15.0 Å². The predicted molar refractivity (Wildman–Crippen MR) is 108 cm³/mol. The third-order valence-corrected chi connectivity index (χ3v) is 4.91. The Morgan fingerprint density at radius 2 is 1.82 bits per heavy atom. The van der Waals surface area contributed by atoms with Crippen molar-refractivity contribution in [1.82, 2.24) is 9.55 Å². The van der Waals surface area contributed by atoms with Crippen LogP contribution in [0.3, 0.4) is 0 Å². The van der Waals surface area contributed by atoms with Crippen molar-refractivity contribution in [3.05, 3.63) is 89.3 Å². The van der Waals surface area contributed by atoms with Crippen molar-refractivity contribution in [2.24, 2.45) is 0 Å². The first-order chi connectivity index (χ1) is 13.8. The summed E-state index contributed by atoms with van der Waals surface area (Å²) < 4.78 is 13.4. The van der Waals surface area contributed by atoms with Crippen molar-refractivity contribution < 1.29 is 9.47 Å². The zero-order valence-corrected chi connectivity index (χ0v) is 15.1. The predicted octanol–water partition coefficient (Wildman–Crippen LogP) is 3.90. The highest BCUT2D eigenvalue weighted by Crippen LogP contribution is 2.30. The highest BCUT2D eigenvalue weighted by atomic mass is 16.6. The number of hydrogen-bond donors (Lipinski definition) is 0. The summed E-state index contributed by atoms with van der Waals surface area (Å²) in [6.07, 6.45) is 1.54. The van der Waals surface area contributed by atoms with Gasteiger partial charge >= 0.3 is 0 Å². The van der Waals surface area contributed by atoms with E-state index in [-0.39, 0.29) is 11.7 Å². The first-order valence-corrected chi connectivity index (χ1v) is 9.21. The zero-order chi connectivity index (χ0) is 18.9. The molecule has 0 unspecified atom stereocenters. The minimum Gasteiger partial charge on any atom is -0.490 e. The first kappa shape index (κ1) is 16.6. The molecule has 0 N–H and O–H groups in total. The van der Waals surface area contributed by atoms with Crippen molar-refractivity contribution in [3.8, 4) is 22.9 Å². The van der Waals surface area contributed by atoms with Gasteiger partial charge in [0.05, 0.1) is 6.54 Å². The van der Waals surface area contributed by atoms with Crippen LogP contribution >= 0.6 is 0 Å². The van der Waals surface area contributed by atoms with E-state index in [2.05, 4.69) is 59.6 Å². The largest absolute Gasteiger partial charge is 0.490 e. The van der Waals surface area contributed by atoms with E-state index in [1.165, 1.54) is 22.4 Å². The Kier molecular flexibility index (Phi) is 4.05. The number of aromatic nitrogens is 2. The van der Waals surface area contributed by atoms with Crippen LogP contribution in [0, 0.1) is 0 Å². The zero-order valence-electron chi connectivity index (χ0n) is 15.1. The molecular weight excluding hydrogens is 352 g/mol. The minimum atomic E-state index is -0.295. The van der Waals surface area contributed by atoms with Gasteiger partial charge in [-0.2, -0.15) is 4.98 Å². The van der Waals surface area contributed by atoms with Crippen LogP contribution in [0.25, 0.3) is 21.9 Å². The molecule has 5 nitrogen and oxygen atoms in total. The molecule has 5 rings (SSSR count). The number of nitrogens with zero attached hydrogens (tertiary/aromatic N) is 2. The van der Waals surface area contributed by atoms with Gasteiger partial charge in [-0.3, -0.25) is 9.36 Å². The topological polar surface area (TPSA) is 53.4 Å². The maximum Gasteiger partial charge on any atom is 0.300 e. The van der Waals surface area contributed by atoms with Gasteiger partial charge in [0.25, 0.3) is 11.6 Å². The Balaban J connectivity index is 1.29. The summed E-state index contributed by atoms with van der Waals surface area (Å²) in [5.41, 5.74) is 2.06. The summed E-state index contributed by atoms with van der Waals surface area (Å²) in [7, 11) is 0. The van der Waals surface area contributed by atoms with Gasteiger partial charge in [-0.15, -0.1) is 0 Å². The van der Waals surface area contributed by atoms with E-state index >= 15 is 0 Å². The fourth-order valence-corrected chi connectivity index (χ4v) is 3.54. The van der Waals surface area contributed by atoms with E-state index in [9.17, 15) is 4.79 Å². The summed E-state index contributed by atoms with van der Waals surface area (Å²) in [6.45, 7) is 1.02. The monoisotopic (exact) mass is 370 g/mol. The smallest absolute Gasteiger partial charge is 0.300 e. The highest BCUT2D eigenvalue weighted by Gasteiger charge is 2.23. The Morgan fingerprint density at radius 3 is 2.71 bits per heavy atom. The lowest BCUT2D eigenvalue weighted by molar-refractivity contribution is 0.143. The second kappa shape index (κ2) is 6.85. The molecule has 2 heterocycles. The lowest BCUT2D eigenvalue weighted by atomic mass is 9.98. The quantitative estimate of drug-likeness (QED) is 0.547. The van der Waals surface area contributed by atoms with Gasteiger partial charge in [0.1, 0.15) is 12.4 Å². The van der Waals surface area contributed by atoms with E-state index < -0.39 is 0 Å². The van der Waals surface area contributed by atoms with Gasteiger partial charge in [-0.05, 0) is 34.0 Å². The SMILES string of the molecule is O=c1ccn2c(n1)O[C@H](COc1ccc(-c3cccc4ccccc34)cc1)C2. The maximum absolute atomic E-state index is 11.3. The molecule has 5 heteroatoms. The molecular formula is C23H18N2O3. The number of hydrogen-bond acceptors (Lipinski definition) is 4. The molecule has 0 bridgehead atoms. The molecule has 4 aromatic rings. The Labute approximate surface area is 161 Å². The number of rotatable bonds is 4. The minimum absolute atomic E-state index is 0.160. The summed E-state index contributed by atoms with van der Waals surface area (Å²) in [5.74, 6) is 0.783. The van der Waals surface area contributed by atoms with Gasteiger partial charge in [0, 0.05) is 12.3 Å². The van der Waals surface area contributed by atoms with Gasteiger partial charge in [-0.25, -0.2) is 0 Å². The highest BCUT2D eigenvalue weighted by molar-refractivity contribution is 5.96. The molecule has 1 aromatic heterocycles. The lowest BCUT2D eigenvalue weighted by Crippen LogP contribution is -2.23. The molecule has 1 aliphatic heterocycles. The van der Waals surface area contributed by atoms with E-state index in [0.29, 0.717) is 19.2 Å². The molecule has 0 amide bonds. The molecule has 0 radical (unpaired) electrons. The van der Waals surface area contributed by atoms with Gasteiger partial charge < -0.3 is 9.47 Å². The van der Waals surface area contributed by atoms with Crippen LogP contribution in [0.5, 0.6) is 11.8 Å². The Hall–Kier alpha value is -3.60. The summed E-state index contributed by atoms with van der Waals surface area (Å²) >= 11 is 0. The standard InChI is InChI=1S/C23H18N2O3/c26-22-12-13-25-14-19(28-23(25)24-22)15-27-18-10-8-17(9-11-18)21-7-3-5-16-4-1-2-6-20(16)21/h1-13,19H,14-15H2/t19-/m0/s1. The fourth-order valence-electron chi connectivity index (χ4n) is 3.54. The normalized spacial score (nSPS) is 15.2. The summed E-state index contributed by atoms with van der Waals surface area (Å²) in [6, 6.07) is 24.6. The number of ether oxygens (including phenoxy) is 2. The van der Waals surface area contributed by atoms with Gasteiger partial charge in [-0.1, -0.05) is 54.6 Å². The van der Waals surface area contributed by atoms with Crippen LogP contribution in [0.2, 0.25) is 0 Å². The molecule has 0 aliphatic carbocycles. The number of fused-ring (bicyclic) bond motifs is 2. The summed E-state index contributed by atoms with van der Waals surface area (Å²) in [5, 5.41) is 2.46. The second-order valence-electron chi connectivity index (χ2n) is 6.80. The van der Waals surface area contributed by atoms with Crippen LogP contribution in [0.1, 0.15) is 0 Å². The van der Waals surface area contributed by atoms with Crippen LogP contribution in [0.15, 0.2) is 83.8 Å². The van der Waals surface area contributed by atoms with Crippen molar-refractivity contribution in [2.45, 2.75) is 12.6 Å². The molecule has 1 aliphatic rings. The molecule has 0 saturated heterocycles. The van der Waals surface area contributed by atoms with E-state index in [1.54, 1.807) is 6.20 Å². The van der Waals surface area contributed by atoms with E-state index in [4.69, 9.17) is 9.47 Å². The van der Waals surface area contributed by atoms with Crippen LogP contribution in [-0.2, 0) is 6.54 Å². The van der Waals surface area contributed by atoms with Crippen molar-refractivity contribution in [1.29, 1.82) is 0 Å². The molecule has 28 heavy (non-hydrogen) atoms. The molecule has 0 saturated carbocycles. The van der Waals surface area contributed by atoms with Gasteiger partial charge in [0.2, 0.25) is 0 Å². The second-order valence-corrected chi connectivity index (χ2v) is 6.80. The van der Waals surface area contributed by atoms with E-state index in [0.717, 1.165) is 11.3 Å². The average Bonchev–Trinajstić information content (AvgIpc) is 3.14. The maximum atomic E-state index is 11.3. The van der Waals surface area contributed by atoms with Crippen molar-refractivity contribution in [2.75, 3.05) is 6.61 Å². The van der Waals surface area contributed by atoms with Crippen molar-refractivity contribution >= 4 is 10.8 Å². The molecule has 3 aromatic carbocycles. The first-order valence-electron chi connectivity index (χ1n) is 9.21. The molecule has 0 fully saturated rings. The fraction of sp³-hybridized carbons (Fsp3) is 0.130. The Bertz CT molecular complexity index is 1190. The average molecular weight is 370 g/mol. The van der Waals surface area contributed by atoms with Crippen molar-refractivity contribution in [3.63, 3.8) is 0 Å². The summed E-state index contributed by atoms with van der Waals surface area (Å²) in [4.78, 5) is 15.2. The third kappa shape index (κ3) is 3.11. The molecule has 0 spiro atoms. The van der Waals surface area contributed by atoms with Crippen LogP contribution in [-0.4, -0.2) is 22.3 Å². The number of benzene rings is 3. The Morgan fingerprint density at radius 1 is 1.00 bits per heavy atom. The molecule has 138 valence electrons. The van der Waals surface area contributed by atoms with E-state index in [1.807, 2.05) is 16.7 Å². The lowest BCUT2D eigenvalue weighted by Gasteiger charge is -2.12. The van der Waals surface area contributed by atoms with Gasteiger partial charge in [0.15, 0.2) is 6.10 Å². The third-order valence-electron chi connectivity index (χ3n) is 4.91. The molecule has 1 atom stereocenters. The van der Waals surface area contributed by atoms with Crippen LogP contribution in [0.4, 0.5) is 0 Å².